The number of halogens is 2. The summed E-state index contributed by atoms with van der Waals surface area (Å²) < 4.78 is 5.57. The van der Waals surface area contributed by atoms with Gasteiger partial charge in [-0.3, -0.25) is 9.59 Å². The van der Waals surface area contributed by atoms with E-state index in [1.807, 2.05) is 13.8 Å². The number of amides is 1. The molecule has 1 N–H and O–H groups in total. The lowest BCUT2D eigenvalue weighted by Crippen LogP contribution is -2.45. The normalized spacial score (nSPS) is 12.1. The molecule has 22 heavy (non-hydrogen) atoms. The van der Waals surface area contributed by atoms with Crippen molar-refractivity contribution in [2.24, 2.45) is 0 Å². The number of carboxylic acids is 1. The zero-order valence-corrected chi connectivity index (χ0v) is 14.2. The highest BCUT2D eigenvalue weighted by molar-refractivity contribution is 6.42. The summed E-state index contributed by atoms with van der Waals surface area (Å²) in [7, 11) is 0. The van der Waals surface area contributed by atoms with Crippen molar-refractivity contribution in [1.82, 2.24) is 4.90 Å². The third-order valence-electron chi connectivity index (χ3n) is 3.04. The van der Waals surface area contributed by atoms with Gasteiger partial charge in [-0.25, -0.2) is 0 Å². The van der Waals surface area contributed by atoms with Crippen molar-refractivity contribution in [1.29, 1.82) is 0 Å². The van der Waals surface area contributed by atoms with E-state index in [-0.39, 0.29) is 29.9 Å². The van der Waals surface area contributed by atoms with Gasteiger partial charge in [0, 0.05) is 12.6 Å². The maximum Gasteiger partial charge on any atom is 0.305 e. The summed E-state index contributed by atoms with van der Waals surface area (Å²) in [5.74, 6) is -0.936. The molecule has 122 valence electrons. The van der Waals surface area contributed by atoms with Crippen molar-refractivity contribution in [2.75, 3.05) is 6.54 Å². The lowest BCUT2D eigenvalue weighted by molar-refractivity contribution is -0.142. The molecule has 0 heterocycles. The molecule has 5 nitrogen and oxygen atoms in total. The van der Waals surface area contributed by atoms with Crippen molar-refractivity contribution in [3.8, 4) is 5.75 Å². The van der Waals surface area contributed by atoms with Gasteiger partial charge in [-0.1, -0.05) is 29.3 Å². The van der Waals surface area contributed by atoms with Crippen molar-refractivity contribution in [3.63, 3.8) is 0 Å². The quantitative estimate of drug-likeness (QED) is 0.819. The minimum Gasteiger partial charge on any atom is -0.481 e. The molecule has 0 saturated carbocycles. The Labute approximate surface area is 139 Å². The lowest BCUT2D eigenvalue weighted by Gasteiger charge is -2.29. The second-order valence-corrected chi connectivity index (χ2v) is 5.87. The van der Waals surface area contributed by atoms with Gasteiger partial charge in [-0.05, 0) is 32.9 Å². The van der Waals surface area contributed by atoms with E-state index in [2.05, 4.69) is 0 Å². The van der Waals surface area contributed by atoms with Crippen LogP contribution < -0.4 is 4.74 Å². The van der Waals surface area contributed by atoms with Gasteiger partial charge < -0.3 is 14.7 Å². The van der Waals surface area contributed by atoms with E-state index in [4.69, 9.17) is 33.0 Å². The van der Waals surface area contributed by atoms with Gasteiger partial charge in [0.25, 0.3) is 5.91 Å². The van der Waals surface area contributed by atoms with Crippen molar-refractivity contribution in [2.45, 2.75) is 39.3 Å². The van der Waals surface area contributed by atoms with Crippen LogP contribution in [0.1, 0.15) is 27.2 Å². The first-order valence-electron chi connectivity index (χ1n) is 6.87. The number of benzene rings is 1. The van der Waals surface area contributed by atoms with Gasteiger partial charge in [0.1, 0.15) is 10.8 Å². The Morgan fingerprint density at radius 2 is 1.91 bits per heavy atom. The second-order valence-electron chi connectivity index (χ2n) is 5.08. The molecule has 0 aliphatic heterocycles. The third kappa shape index (κ3) is 5.07. The number of carbonyl (C=O) groups is 2. The minimum absolute atomic E-state index is 0.117. The molecule has 1 rings (SSSR count). The number of carbonyl (C=O) groups excluding carboxylic acids is 1. The minimum atomic E-state index is -0.954. The average molecular weight is 348 g/mol. The standard InChI is InChI=1S/C15H19Cl2NO4/c1-9(2)18(8-7-13(19)20)15(21)10(3)22-12-6-4-5-11(16)14(12)17/h4-6,9-10H,7-8H2,1-3H3,(H,19,20). The third-order valence-corrected chi connectivity index (χ3v) is 3.84. The molecule has 0 aliphatic rings. The second kappa shape index (κ2) is 8.25. The molecule has 0 aliphatic carbocycles. The van der Waals surface area contributed by atoms with E-state index in [0.717, 1.165) is 0 Å². The fourth-order valence-corrected chi connectivity index (χ4v) is 2.22. The Bertz CT molecular complexity index is 548. The van der Waals surface area contributed by atoms with Crippen molar-refractivity contribution >= 4 is 35.1 Å². The first-order valence-corrected chi connectivity index (χ1v) is 7.62. The number of nitrogens with zero attached hydrogens (tertiary/aromatic N) is 1. The number of rotatable bonds is 7. The summed E-state index contributed by atoms with van der Waals surface area (Å²) in [6.07, 6.45) is -0.915. The van der Waals surface area contributed by atoms with Crippen LogP contribution in [0, 0.1) is 0 Å². The molecular formula is C15H19Cl2NO4. The maximum absolute atomic E-state index is 12.4. The topological polar surface area (TPSA) is 66.8 Å². The summed E-state index contributed by atoms with van der Waals surface area (Å²) >= 11 is 11.9. The Hall–Kier alpha value is -1.46. The molecule has 0 bridgehead atoms. The molecule has 0 spiro atoms. The van der Waals surface area contributed by atoms with Crippen LogP contribution in [0.5, 0.6) is 5.75 Å². The molecule has 0 saturated heterocycles. The molecule has 0 aromatic heterocycles. The van der Waals surface area contributed by atoms with Crippen LogP contribution in [0.2, 0.25) is 10.0 Å². The van der Waals surface area contributed by atoms with Crippen LogP contribution >= 0.6 is 23.2 Å². The largest absolute Gasteiger partial charge is 0.481 e. The molecular weight excluding hydrogens is 329 g/mol. The fraction of sp³-hybridized carbons (Fsp3) is 0.467. The maximum atomic E-state index is 12.4. The fourth-order valence-electron chi connectivity index (χ4n) is 1.89. The van der Waals surface area contributed by atoms with E-state index >= 15 is 0 Å². The Morgan fingerprint density at radius 3 is 2.45 bits per heavy atom. The Kier molecular flexibility index (Phi) is 6.97. The lowest BCUT2D eigenvalue weighted by atomic mass is 10.2. The van der Waals surface area contributed by atoms with E-state index in [9.17, 15) is 9.59 Å². The Balaban J connectivity index is 2.80. The highest BCUT2D eigenvalue weighted by Gasteiger charge is 2.25. The molecule has 1 atom stereocenters. The van der Waals surface area contributed by atoms with E-state index in [0.29, 0.717) is 10.8 Å². The van der Waals surface area contributed by atoms with E-state index in [1.165, 1.54) is 4.90 Å². The number of aliphatic carboxylic acids is 1. The van der Waals surface area contributed by atoms with Crippen molar-refractivity contribution in [3.05, 3.63) is 28.2 Å². The van der Waals surface area contributed by atoms with Crippen molar-refractivity contribution < 1.29 is 19.4 Å². The SMILES string of the molecule is CC(Oc1cccc(Cl)c1Cl)C(=O)N(CCC(=O)O)C(C)C. The van der Waals surface area contributed by atoms with Crippen LogP contribution in [-0.4, -0.2) is 40.6 Å². The van der Waals surface area contributed by atoms with Gasteiger partial charge >= 0.3 is 5.97 Å². The molecule has 0 radical (unpaired) electrons. The summed E-state index contributed by atoms with van der Waals surface area (Å²) in [6, 6.07) is 4.78. The van der Waals surface area contributed by atoms with Gasteiger partial charge in [0.2, 0.25) is 0 Å². The van der Waals surface area contributed by atoms with Crippen LogP contribution in [0.4, 0.5) is 0 Å². The van der Waals surface area contributed by atoms with Crippen LogP contribution in [0.3, 0.4) is 0 Å². The molecule has 7 heteroatoms. The number of carboxylic acid groups (broad SMARTS) is 1. The number of hydrogen-bond acceptors (Lipinski definition) is 3. The van der Waals surface area contributed by atoms with Gasteiger partial charge in [0.15, 0.2) is 6.10 Å². The highest BCUT2D eigenvalue weighted by Crippen LogP contribution is 2.32. The van der Waals surface area contributed by atoms with Crippen LogP contribution in [0.15, 0.2) is 18.2 Å². The zero-order chi connectivity index (χ0) is 16.9. The predicted octanol–water partition coefficient (Wildman–Crippen LogP) is 3.47. The van der Waals surface area contributed by atoms with Gasteiger partial charge in [0.05, 0.1) is 11.4 Å². The molecule has 1 amide bonds. The molecule has 0 fully saturated rings. The molecule has 1 aromatic carbocycles. The van der Waals surface area contributed by atoms with Crippen LogP contribution in [-0.2, 0) is 9.59 Å². The van der Waals surface area contributed by atoms with E-state index < -0.39 is 12.1 Å². The summed E-state index contributed by atoms with van der Waals surface area (Å²) in [4.78, 5) is 24.6. The summed E-state index contributed by atoms with van der Waals surface area (Å²) in [5.41, 5.74) is 0. The first-order chi connectivity index (χ1) is 10.2. The highest BCUT2D eigenvalue weighted by atomic mass is 35.5. The summed E-state index contributed by atoms with van der Waals surface area (Å²) in [6.45, 7) is 5.36. The molecule has 1 unspecified atom stereocenters. The smallest absolute Gasteiger partial charge is 0.305 e. The first kappa shape index (κ1) is 18.6. The Morgan fingerprint density at radius 1 is 1.27 bits per heavy atom. The number of hydrogen-bond donors (Lipinski definition) is 1. The average Bonchev–Trinajstić information content (AvgIpc) is 2.43. The van der Waals surface area contributed by atoms with Crippen LogP contribution in [0.25, 0.3) is 0 Å². The van der Waals surface area contributed by atoms with E-state index in [1.54, 1.807) is 25.1 Å². The van der Waals surface area contributed by atoms with Gasteiger partial charge in [-0.15, -0.1) is 0 Å². The summed E-state index contributed by atoms with van der Waals surface area (Å²) in [5, 5.41) is 9.34. The van der Waals surface area contributed by atoms with Gasteiger partial charge in [-0.2, -0.15) is 0 Å². The zero-order valence-electron chi connectivity index (χ0n) is 12.7. The number of ether oxygens (including phenoxy) is 1. The predicted molar refractivity (Wildman–Crippen MR) is 85.7 cm³/mol. The molecule has 1 aromatic rings. The monoisotopic (exact) mass is 347 g/mol.